The fourth-order valence-corrected chi connectivity index (χ4v) is 4.32. The van der Waals surface area contributed by atoms with Gasteiger partial charge < -0.3 is 9.88 Å². The van der Waals surface area contributed by atoms with Crippen LogP contribution in [-0.2, 0) is 11.3 Å². The molecule has 0 fully saturated rings. The van der Waals surface area contributed by atoms with E-state index in [1.165, 1.54) is 12.1 Å². The number of hydrogen-bond donors (Lipinski definition) is 1. The van der Waals surface area contributed by atoms with Gasteiger partial charge in [-0.05, 0) is 35.9 Å². The highest BCUT2D eigenvalue weighted by Gasteiger charge is 2.25. The van der Waals surface area contributed by atoms with Crippen LogP contribution in [0, 0.1) is 5.82 Å². The van der Waals surface area contributed by atoms with Gasteiger partial charge in [-0.25, -0.2) is 4.39 Å². The number of pyridine rings is 1. The summed E-state index contributed by atoms with van der Waals surface area (Å²) in [4.78, 5) is 16.8. The minimum atomic E-state index is -0.273. The van der Waals surface area contributed by atoms with Crippen LogP contribution in [0.4, 0.5) is 10.1 Å². The number of halogens is 1. The molecule has 3 heterocycles. The molecule has 7 heteroatoms. The van der Waals surface area contributed by atoms with E-state index in [1.807, 2.05) is 48.7 Å². The Morgan fingerprint density at radius 1 is 0.941 bits per heavy atom. The highest BCUT2D eigenvalue weighted by Crippen LogP contribution is 2.29. The van der Waals surface area contributed by atoms with Crippen LogP contribution in [0.1, 0.15) is 16.8 Å². The lowest BCUT2D eigenvalue weighted by Crippen LogP contribution is -2.13. The quantitative estimate of drug-likeness (QED) is 0.306. The van der Waals surface area contributed by atoms with Crippen molar-refractivity contribution in [1.29, 1.82) is 0 Å². The SMILES string of the molecule is O=C1Nc2ccccc2C1=N/N=C/c1cc2c3ccccc3n(Cc3ccc(F)cc3)c2cn1. The van der Waals surface area contributed by atoms with Gasteiger partial charge >= 0.3 is 0 Å². The van der Waals surface area contributed by atoms with Gasteiger partial charge in [0, 0.05) is 28.4 Å². The van der Waals surface area contributed by atoms with Crippen molar-refractivity contribution in [2.75, 3.05) is 5.32 Å². The van der Waals surface area contributed by atoms with Crippen molar-refractivity contribution in [3.63, 3.8) is 0 Å². The number of carbonyl (C=O) groups excluding carboxylic acids is 1. The third kappa shape index (κ3) is 3.44. The number of para-hydroxylation sites is 2. The molecule has 1 aliphatic heterocycles. The number of benzene rings is 3. The normalized spacial score (nSPS) is 14.4. The summed E-state index contributed by atoms with van der Waals surface area (Å²) in [6.07, 6.45) is 3.36. The molecule has 0 spiro atoms. The lowest BCUT2D eigenvalue weighted by atomic mass is 10.1. The van der Waals surface area contributed by atoms with E-state index in [9.17, 15) is 9.18 Å². The van der Waals surface area contributed by atoms with Gasteiger partial charge in [-0.2, -0.15) is 5.10 Å². The van der Waals surface area contributed by atoms with Crippen molar-refractivity contribution >= 4 is 45.3 Å². The number of aromatic nitrogens is 2. The molecule has 5 aromatic rings. The van der Waals surface area contributed by atoms with Crippen molar-refractivity contribution in [3.05, 3.63) is 108 Å². The maximum absolute atomic E-state index is 13.4. The Kier molecular flexibility index (Phi) is 4.73. The van der Waals surface area contributed by atoms with Crippen LogP contribution >= 0.6 is 0 Å². The average molecular weight is 447 g/mol. The summed E-state index contributed by atoms with van der Waals surface area (Å²) in [5.41, 5.74) is 5.42. The summed E-state index contributed by atoms with van der Waals surface area (Å²) >= 11 is 0. The number of carbonyl (C=O) groups is 1. The lowest BCUT2D eigenvalue weighted by Gasteiger charge is -2.07. The standard InChI is InChI=1S/C27H18FN5O/c28-18-11-9-17(10-12-18)16-33-24-8-4-2-5-20(24)22-13-19(29-15-25(22)33)14-30-32-26-21-6-1-3-7-23(21)31-27(26)34/h1-15H,16H2,(H,31,32,34)/b30-14+. The van der Waals surface area contributed by atoms with Crippen molar-refractivity contribution in [3.8, 4) is 0 Å². The molecule has 0 aliphatic carbocycles. The summed E-state index contributed by atoms with van der Waals surface area (Å²) < 4.78 is 15.5. The topological polar surface area (TPSA) is 71.6 Å². The maximum atomic E-state index is 13.4. The Bertz CT molecular complexity index is 1630. The Balaban J connectivity index is 1.38. The number of anilines is 1. The van der Waals surface area contributed by atoms with Gasteiger partial charge in [-0.1, -0.05) is 48.5 Å². The molecule has 0 unspecified atom stereocenters. The van der Waals surface area contributed by atoms with Crippen LogP contribution in [0.3, 0.4) is 0 Å². The summed E-state index contributed by atoms with van der Waals surface area (Å²) in [6, 6.07) is 24.0. The second-order valence-corrected chi connectivity index (χ2v) is 8.05. The Morgan fingerprint density at radius 2 is 1.74 bits per heavy atom. The zero-order chi connectivity index (χ0) is 23.1. The van der Waals surface area contributed by atoms with Gasteiger partial charge in [-0.3, -0.25) is 9.78 Å². The third-order valence-corrected chi connectivity index (χ3v) is 5.93. The van der Waals surface area contributed by atoms with Crippen molar-refractivity contribution < 1.29 is 9.18 Å². The van der Waals surface area contributed by atoms with Gasteiger partial charge in [0.05, 0.1) is 29.3 Å². The summed E-state index contributed by atoms with van der Waals surface area (Å²) in [7, 11) is 0. The lowest BCUT2D eigenvalue weighted by molar-refractivity contribution is -0.110. The number of fused-ring (bicyclic) bond motifs is 4. The van der Waals surface area contributed by atoms with Gasteiger partial charge in [0.15, 0.2) is 5.71 Å². The highest BCUT2D eigenvalue weighted by atomic mass is 19.1. The first-order chi connectivity index (χ1) is 16.7. The Labute approximate surface area is 194 Å². The zero-order valence-corrected chi connectivity index (χ0v) is 17.9. The molecule has 1 N–H and O–H groups in total. The molecule has 1 aliphatic rings. The van der Waals surface area contributed by atoms with Crippen molar-refractivity contribution in [1.82, 2.24) is 9.55 Å². The van der Waals surface area contributed by atoms with E-state index in [0.717, 1.165) is 38.6 Å². The summed E-state index contributed by atoms with van der Waals surface area (Å²) in [5, 5.41) is 13.2. The van der Waals surface area contributed by atoms with E-state index in [1.54, 1.807) is 18.3 Å². The Morgan fingerprint density at radius 3 is 2.62 bits per heavy atom. The van der Waals surface area contributed by atoms with E-state index in [0.29, 0.717) is 12.2 Å². The monoisotopic (exact) mass is 447 g/mol. The molecule has 0 atom stereocenters. The third-order valence-electron chi connectivity index (χ3n) is 5.93. The van der Waals surface area contributed by atoms with Crippen LogP contribution in [0.2, 0.25) is 0 Å². The number of amides is 1. The van der Waals surface area contributed by atoms with Crippen molar-refractivity contribution in [2.24, 2.45) is 10.2 Å². The maximum Gasteiger partial charge on any atom is 0.276 e. The summed E-state index contributed by atoms with van der Waals surface area (Å²) in [6.45, 7) is 0.599. The predicted molar refractivity (Wildman–Crippen MR) is 132 cm³/mol. The smallest absolute Gasteiger partial charge is 0.276 e. The molecule has 2 aromatic heterocycles. The van der Waals surface area contributed by atoms with Crippen LogP contribution in [0.15, 0.2) is 95.3 Å². The number of rotatable bonds is 4. The zero-order valence-electron chi connectivity index (χ0n) is 17.9. The number of nitrogens with zero attached hydrogens (tertiary/aromatic N) is 4. The molecule has 6 rings (SSSR count). The van der Waals surface area contributed by atoms with E-state index >= 15 is 0 Å². The molecule has 1 amide bonds. The van der Waals surface area contributed by atoms with Crippen LogP contribution in [0.25, 0.3) is 21.8 Å². The first-order valence-electron chi connectivity index (χ1n) is 10.8. The second-order valence-electron chi connectivity index (χ2n) is 8.05. The largest absolute Gasteiger partial charge is 0.335 e. The summed E-state index contributed by atoms with van der Waals surface area (Å²) in [5.74, 6) is -0.524. The first kappa shape index (κ1) is 20.0. The highest BCUT2D eigenvalue weighted by molar-refractivity contribution is 6.53. The van der Waals surface area contributed by atoms with E-state index in [4.69, 9.17) is 0 Å². The van der Waals surface area contributed by atoms with Crippen LogP contribution in [-0.4, -0.2) is 27.4 Å². The molecular weight excluding hydrogens is 429 g/mol. The van der Waals surface area contributed by atoms with Crippen LogP contribution < -0.4 is 5.32 Å². The number of hydrogen-bond acceptors (Lipinski definition) is 4. The molecule has 3 aromatic carbocycles. The molecule has 0 saturated heterocycles. The van der Waals surface area contributed by atoms with Crippen LogP contribution in [0.5, 0.6) is 0 Å². The predicted octanol–water partition coefficient (Wildman–Crippen LogP) is 5.15. The molecule has 164 valence electrons. The molecule has 0 saturated carbocycles. The second kappa shape index (κ2) is 8.04. The minimum absolute atomic E-state index is 0.251. The molecule has 34 heavy (non-hydrogen) atoms. The molecular formula is C27H18FN5O. The van der Waals surface area contributed by atoms with Crippen molar-refractivity contribution in [2.45, 2.75) is 6.54 Å². The van der Waals surface area contributed by atoms with Gasteiger partial charge in [0.25, 0.3) is 5.91 Å². The number of nitrogens with one attached hydrogen (secondary N) is 1. The van der Waals surface area contributed by atoms with Gasteiger partial charge in [0.1, 0.15) is 5.82 Å². The fraction of sp³-hybridized carbons (Fsp3) is 0.0370. The molecule has 0 radical (unpaired) electrons. The van der Waals surface area contributed by atoms with Gasteiger partial charge in [0.2, 0.25) is 0 Å². The van der Waals surface area contributed by atoms with E-state index < -0.39 is 0 Å². The average Bonchev–Trinajstić information content (AvgIpc) is 3.35. The Hall–Kier alpha value is -4.65. The van der Waals surface area contributed by atoms with E-state index in [2.05, 4.69) is 37.2 Å². The minimum Gasteiger partial charge on any atom is -0.335 e. The first-order valence-corrected chi connectivity index (χ1v) is 10.8. The van der Waals surface area contributed by atoms with E-state index in [-0.39, 0.29) is 17.4 Å². The molecule has 0 bridgehead atoms. The van der Waals surface area contributed by atoms with Gasteiger partial charge in [-0.15, -0.1) is 5.10 Å². The fourth-order valence-electron chi connectivity index (χ4n) is 4.32. The molecule has 6 nitrogen and oxygen atoms in total.